The zero-order valence-corrected chi connectivity index (χ0v) is 12.8. The predicted octanol–water partition coefficient (Wildman–Crippen LogP) is 3.70. The molecule has 0 saturated carbocycles. The molecule has 1 aliphatic carbocycles. The van der Waals surface area contributed by atoms with Gasteiger partial charge in [-0.25, -0.2) is 4.79 Å². The minimum Gasteiger partial charge on any atom is -0.297 e. The molecule has 0 radical (unpaired) electrons. The Bertz CT molecular complexity index is 670. The van der Waals surface area contributed by atoms with Crippen molar-refractivity contribution in [3.8, 4) is 0 Å². The molecule has 1 amide bonds. The standard InChI is InChI=1S/C17H18N2O3/c1-11(2)14-10-15(12(3)9-16(14)20)19-22-17(21)18-13-7-5-4-6-8-13/h4-11H,1-3H3,(H,18,21)/b19-15+. The fourth-order valence-electron chi connectivity index (χ4n) is 1.99. The van der Waals surface area contributed by atoms with E-state index in [1.807, 2.05) is 19.9 Å². The normalized spacial score (nSPS) is 16.4. The SMILES string of the molecule is CC1=CC(=O)C(C(C)C)=C/C1=N\OC(=O)Nc1ccccc1. The van der Waals surface area contributed by atoms with Crippen LogP contribution in [0.2, 0.25) is 0 Å². The Kier molecular flexibility index (Phi) is 4.88. The predicted molar refractivity (Wildman–Crippen MR) is 85.7 cm³/mol. The molecule has 5 nitrogen and oxygen atoms in total. The highest BCUT2D eigenvalue weighted by molar-refractivity contribution is 6.21. The highest BCUT2D eigenvalue weighted by Gasteiger charge is 2.19. The zero-order valence-electron chi connectivity index (χ0n) is 12.8. The van der Waals surface area contributed by atoms with Crippen molar-refractivity contribution < 1.29 is 14.4 Å². The van der Waals surface area contributed by atoms with Crippen LogP contribution in [0.3, 0.4) is 0 Å². The minimum atomic E-state index is -0.678. The number of carbonyl (C=O) groups is 2. The van der Waals surface area contributed by atoms with E-state index in [4.69, 9.17) is 4.84 Å². The van der Waals surface area contributed by atoms with Gasteiger partial charge in [0.15, 0.2) is 5.78 Å². The number of nitrogens with one attached hydrogen (secondary N) is 1. The second-order valence-electron chi connectivity index (χ2n) is 5.29. The number of hydrogen-bond acceptors (Lipinski definition) is 4. The van der Waals surface area contributed by atoms with Crippen molar-refractivity contribution in [1.82, 2.24) is 0 Å². The average molecular weight is 298 g/mol. The molecule has 0 spiro atoms. The number of oxime groups is 1. The smallest absolute Gasteiger partial charge is 0.297 e. The van der Waals surface area contributed by atoms with Crippen LogP contribution in [0, 0.1) is 5.92 Å². The van der Waals surface area contributed by atoms with Gasteiger partial charge in [0, 0.05) is 11.3 Å². The summed E-state index contributed by atoms with van der Waals surface area (Å²) in [6.45, 7) is 5.61. The Labute approximate surface area is 129 Å². The second-order valence-corrected chi connectivity index (χ2v) is 5.29. The Hall–Kier alpha value is -2.69. The van der Waals surface area contributed by atoms with E-state index in [-0.39, 0.29) is 11.7 Å². The summed E-state index contributed by atoms with van der Waals surface area (Å²) in [7, 11) is 0. The Morgan fingerprint density at radius 2 is 1.86 bits per heavy atom. The Morgan fingerprint density at radius 1 is 1.18 bits per heavy atom. The maximum absolute atomic E-state index is 11.9. The van der Waals surface area contributed by atoms with Gasteiger partial charge in [0.05, 0.1) is 0 Å². The van der Waals surface area contributed by atoms with Crippen LogP contribution in [0.1, 0.15) is 20.8 Å². The molecule has 0 saturated heterocycles. The van der Waals surface area contributed by atoms with Gasteiger partial charge in [-0.2, -0.15) is 0 Å². The maximum Gasteiger partial charge on any atom is 0.437 e. The number of amides is 1. The second kappa shape index (κ2) is 6.85. The molecule has 5 heteroatoms. The highest BCUT2D eigenvalue weighted by atomic mass is 16.7. The molecule has 0 unspecified atom stereocenters. The van der Waals surface area contributed by atoms with Crippen molar-refractivity contribution in [2.24, 2.45) is 11.1 Å². The van der Waals surface area contributed by atoms with Crippen LogP contribution < -0.4 is 5.32 Å². The average Bonchev–Trinajstić information content (AvgIpc) is 2.47. The molecule has 2 rings (SSSR count). The number of nitrogens with zero attached hydrogens (tertiary/aromatic N) is 1. The monoisotopic (exact) mass is 298 g/mol. The molecule has 22 heavy (non-hydrogen) atoms. The summed E-state index contributed by atoms with van der Waals surface area (Å²) in [5.41, 5.74) is 2.42. The number of allylic oxidation sites excluding steroid dienone is 4. The van der Waals surface area contributed by atoms with Crippen molar-refractivity contribution in [1.29, 1.82) is 0 Å². The summed E-state index contributed by atoms with van der Waals surface area (Å²) in [5.74, 6) is 0.0559. The van der Waals surface area contributed by atoms with E-state index in [0.29, 0.717) is 22.5 Å². The zero-order chi connectivity index (χ0) is 16.1. The summed E-state index contributed by atoms with van der Waals surface area (Å²) in [5, 5.41) is 6.40. The fraction of sp³-hybridized carbons (Fsp3) is 0.235. The number of hydrogen-bond donors (Lipinski definition) is 1. The van der Waals surface area contributed by atoms with E-state index < -0.39 is 6.09 Å². The molecule has 1 aromatic rings. The minimum absolute atomic E-state index is 0.0276. The molecule has 0 fully saturated rings. The van der Waals surface area contributed by atoms with Crippen molar-refractivity contribution in [2.75, 3.05) is 5.32 Å². The molecule has 1 N–H and O–H groups in total. The van der Waals surface area contributed by atoms with Crippen molar-refractivity contribution >= 4 is 23.3 Å². The molecule has 0 bridgehead atoms. The van der Waals surface area contributed by atoms with Gasteiger partial charge < -0.3 is 0 Å². The summed E-state index contributed by atoms with van der Waals surface area (Å²) < 4.78 is 0. The molecule has 0 atom stereocenters. The van der Waals surface area contributed by atoms with Crippen LogP contribution in [0.4, 0.5) is 10.5 Å². The molecule has 114 valence electrons. The van der Waals surface area contributed by atoms with E-state index in [2.05, 4.69) is 10.5 Å². The third-order valence-electron chi connectivity index (χ3n) is 3.20. The number of rotatable bonds is 3. The number of para-hydroxylation sites is 1. The van der Waals surface area contributed by atoms with Gasteiger partial charge in [-0.1, -0.05) is 37.2 Å². The molecule has 1 aliphatic rings. The van der Waals surface area contributed by atoms with Gasteiger partial charge in [0.1, 0.15) is 5.71 Å². The van der Waals surface area contributed by atoms with Gasteiger partial charge in [-0.3, -0.25) is 14.9 Å². The number of anilines is 1. The Balaban J connectivity index is 2.07. The van der Waals surface area contributed by atoms with Crippen LogP contribution in [0.15, 0.2) is 58.8 Å². The third-order valence-corrected chi connectivity index (χ3v) is 3.20. The highest BCUT2D eigenvalue weighted by Crippen LogP contribution is 2.19. The summed E-state index contributed by atoms with van der Waals surface area (Å²) in [4.78, 5) is 28.4. The van der Waals surface area contributed by atoms with Gasteiger partial charge in [-0.05, 0) is 42.7 Å². The van der Waals surface area contributed by atoms with Crippen LogP contribution in [0.25, 0.3) is 0 Å². The number of ketones is 1. The topological polar surface area (TPSA) is 67.8 Å². The first-order chi connectivity index (χ1) is 10.5. The molecule has 0 heterocycles. The van der Waals surface area contributed by atoms with Gasteiger partial charge in [0.25, 0.3) is 0 Å². The van der Waals surface area contributed by atoms with Gasteiger partial charge in [-0.15, -0.1) is 0 Å². The third kappa shape index (κ3) is 3.91. The number of benzene rings is 1. The van der Waals surface area contributed by atoms with Crippen molar-refractivity contribution in [2.45, 2.75) is 20.8 Å². The maximum atomic E-state index is 11.9. The van der Waals surface area contributed by atoms with Gasteiger partial charge in [0.2, 0.25) is 0 Å². The molecule has 1 aromatic carbocycles. The van der Waals surface area contributed by atoms with Crippen molar-refractivity contribution in [3.05, 3.63) is 53.6 Å². The molecule has 0 aliphatic heterocycles. The first-order valence-electron chi connectivity index (χ1n) is 7.03. The van der Waals surface area contributed by atoms with Crippen LogP contribution in [0.5, 0.6) is 0 Å². The van der Waals surface area contributed by atoms with E-state index in [0.717, 1.165) is 0 Å². The lowest BCUT2D eigenvalue weighted by molar-refractivity contribution is -0.111. The van der Waals surface area contributed by atoms with Crippen molar-refractivity contribution in [3.63, 3.8) is 0 Å². The van der Waals surface area contributed by atoms with Gasteiger partial charge >= 0.3 is 6.09 Å². The first-order valence-corrected chi connectivity index (χ1v) is 7.03. The molecule has 0 aromatic heterocycles. The van der Waals surface area contributed by atoms with E-state index >= 15 is 0 Å². The fourth-order valence-corrected chi connectivity index (χ4v) is 1.99. The van der Waals surface area contributed by atoms with E-state index in [9.17, 15) is 9.59 Å². The Morgan fingerprint density at radius 3 is 2.50 bits per heavy atom. The largest absolute Gasteiger partial charge is 0.437 e. The van der Waals surface area contributed by atoms with Crippen LogP contribution >= 0.6 is 0 Å². The lowest BCUT2D eigenvalue weighted by Gasteiger charge is -2.14. The van der Waals surface area contributed by atoms with Crippen LogP contribution in [-0.2, 0) is 9.63 Å². The first kappa shape index (κ1) is 15.7. The van der Waals surface area contributed by atoms with Crippen LogP contribution in [-0.4, -0.2) is 17.6 Å². The van der Waals surface area contributed by atoms with E-state index in [1.165, 1.54) is 6.08 Å². The lowest BCUT2D eigenvalue weighted by Crippen LogP contribution is -2.17. The summed E-state index contributed by atoms with van der Waals surface area (Å²) >= 11 is 0. The molecular weight excluding hydrogens is 280 g/mol. The van der Waals surface area contributed by atoms with E-state index in [1.54, 1.807) is 37.3 Å². The lowest BCUT2D eigenvalue weighted by atomic mass is 9.90. The summed E-state index contributed by atoms with van der Waals surface area (Å²) in [6.07, 6.45) is 2.49. The number of carbonyl (C=O) groups excluding carboxylic acids is 2. The quantitative estimate of drug-likeness (QED) is 0.525. The molecular formula is C17H18N2O3. The summed E-state index contributed by atoms with van der Waals surface area (Å²) in [6, 6.07) is 8.95.